The lowest BCUT2D eigenvalue weighted by Crippen LogP contribution is -2.36. The lowest BCUT2D eigenvalue weighted by molar-refractivity contribution is -0.139. The minimum atomic E-state index is -0.653. The topological polar surface area (TPSA) is 92.3 Å². The van der Waals surface area contributed by atoms with E-state index in [1.165, 1.54) is 0 Å². The fraction of sp³-hybridized carbons (Fsp3) is 0.400. The Bertz CT molecular complexity index is 1290. The van der Waals surface area contributed by atoms with Crippen molar-refractivity contribution in [3.63, 3.8) is 0 Å². The van der Waals surface area contributed by atoms with Crippen LogP contribution in [0.15, 0.2) is 58.9 Å². The van der Waals surface area contributed by atoms with Crippen molar-refractivity contribution in [3.05, 3.63) is 70.1 Å². The highest BCUT2D eigenvalue weighted by Crippen LogP contribution is 2.49. The molecule has 1 heterocycles. The highest BCUT2D eigenvalue weighted by atomic mass is 16.5. The fourth-order valence-corrected chi connectivity index (χ4v) is 5.30. The van der Waals surface area contributed by atoms with E-state index in [2.05, 4.69) is 5.32 Å². The standard InChI is InChI=1S/C30H35NO7/c1-7-12-38-30(33)27-17(2)31-22-13-19(18-8-10-25(36-5)26(15-18)37-6)14-23(32)29(22)28(27)21-16-20(34-3)9-11-24(21)35-4/h8-11,15-16,19,28,31H,7,12-14H2,1-6H3/t19-,28+/m0/s1. The zero-order chi connectivity index (χ0) is 27.4. The summed E-state index contributed by atoms with van der Waals surface area (Å²) in [5.41, 5.74) is 4.07. The Morgan fingerprint density at radius 1 is 0.921 bits per heavy atom. The third-order valence-electron chi connectivity index (χ3n) is 7.11. The maximum absolute atomic E-state index is 13.9. The smallest absolute Gasteiger partial charge is 0.336 e. The normalized spacial score (nSPS) is 18.9. The van der Waals surface area contributed by atoms with E-state index >= 15 is 0 Å². The Labute approximate surface area is 223 Å². The summed E-state index contributed by atoms with van der Waals surface area (Å²) in [6, 6.07) is 11.2. The first-order chi connectivity index (χ1) is 18.4. The summed E-state index contributed by atoms with van der Waals surface area (Å²) in [6.45, 7) is 4.07. The third-order valence-corrected chi connectivity index (χ3v) is 7.11. The maximum atomic E-state index is 13.9. The van der Waals surface area contributed by atoms with Crippen molar-refractivity contribution in [2.24, 2.45) is 0 Å². The molecule has 0 spiro atoms. The zero-order valence-corrected chi connectivity index (χ0v) is 22.8. The molecule has 38 heavy (non-hydrogen) atoms. The molecule has 0 saturated carbocycles. The van der Waals surface area contributed by atoms with Gasteiger partial charge in [0.2, 0.25) is 0 Å². The number of allylic oxidation sites excluding steroid dienone is 3. The molecule has 1 N–H and O–H groups in total. The predicted octanol–water partition coefficient (Wildman–Crippen LogP) is 5.04. The molecule has 0 amide bonds. The lowest BCUT2D eigenvalue weighted by Gasteiger charge is -2.37. The van der Waals surface area contributed by atoms with Crippen LogP contribution >= 0.6 is 0 Å². The number of carbonyl (C=O) groups is 2. The Balaban J connectivity index is 1.83. The van der Waals surface area contributed by atoms with E-state index in [1.807, 2.05) is 38.1 Å². The van der Waals surface area contributed by atoms with Gasteiger partial charge in [-0.15, -0.1) is 0 Å². The number of dihydropyridines is 1. The molecule has 0 unspecified atom stereocenters. The van der Waals surface area contributed by atoms with E-state index in [0.29, 0.717) is 64.9 Å². The Morgan fingerprint density at radius 3 is 2.29 bits per heavy atom. The Kier molecular flexibility index (Phi) is 8.29. The van der Waals surface area contributed by atoms with Gasteiger partial charge in [-0.2, -0.15) is 0 Å². The molecule has 0 saturated heterocycles. The van der Waals surface area contributed by atoms with Gasteiger partial charge in [-0.05, 0) is 61.6 Å². The van der Waals surface area contributed by atoms with Crippen molar-refractivity contribution in [1.82, 2.24) is 5.32 Å². The number of Topliss-reactive ketones (excluding diaryl/α,β-unsaturated/α-hetero) is 1. The second-order valence-corrected chi connectivity index (χ2v) is 9.38. The van der Waals surface area contributed by atoms with Gasteiger partial charge in [-0.1, -0.05) is 13.0 Å². The van der Waals surface area contributed by atoms with Crippen LogP contribution < -0.4 is 24.3 Å². The molecule has 0 fully saturated rings. The van der Waals surface area contributed by atoms with Crippen LogP contribution in [0.5, 0.6) is 23.0 Å². The number of hydrogen-bond donors (Lipinski definition) is 1. The number of carbonyl (C=O) groups excluding carboxylic acids is 2. The van der Waals surface area contributed by atoms with Crippen molar-refractivity contribution >= 4 is 11.8 Å². The summed E-state index contributed by atoms with van der Waals surface area (Å²) < 4.78 is 27.6. The number of nitrogens with one attached hydrogen (secondary N) is 1. The minimum absolute atomic E-state index is 0.0401. The second-order valence-electron chi connectivity index (χ2n) is 9.38. The molecule has 0 aromatic heterocycles. The molecule has 1 aliphatic carbocycles. The molecule has 2 aliphatic rings. The van der Waals surface area contributed by atoms with Crippen LogP contribution in [-0.2, 0) is 14.3 Å². The predicted molar refractivity (Wildman–Crippen MR) is 143 cm³/mol. The SMILES string of the molecule is CCCOC(=O)C1=C(C)NC2=C(C(=O)C[C@@H](c3ccc(OC)c(OC)c3)C2)[C@@H]1c1cc(OC)ccc1OC. The third kappa shape index (κ3) is 5.08. The van der Waals surface area contributed by atoms with E-state index in [9.17, 15) is 9.59 Å². The summed E-state index contributed by atoms with van der Waals surface area (Å²) in [7, 11) is 6.34. The van der Waals surface area contributed by atoms with Crippen molar-refractivity contribution in [3.8, 4) is 23.0 Å². The lowest BCUT2D eigenvalue weighted by atomic mass is 9.71. The van der Waals surface area contributed by atoms with E-state index in [4.69, 9.17) is 23.7 Å². The number of benzene rings is 2. The Hall–Kier alpha value is -3.94. The summed E-state index contributed by atoms with van der Waals surface area (Å²) in [5.74, 6) is 1.20. The van der Waals surface area contributed by atoms with Gasteiger partial charge in [0.1, 0.15) is 11.5 Å². The van der Waals surface area contributed by atoms with Crippen molar-refractivity contribution in [1.29, 1.82) is 0 Å². The van der Waals surface area contributed by atoms with Gasteiger partial charge in [-0.25, -0.2) is 4.79 Å². The average Bonchev–Trinajstić information content (AvgIpc) is 2.94. The van der Waals surface area contributed by atoms with Crippen LogP contribution in [0.2, 0.25) is 0 Å². The highest BCUT2D eigenvalue weighted by Gasteiger charge is 2.42. The first-order valence-corrected chi connectivity index (χ1v) is 12.7. The van der Waals surface area contributed by atoms with Crippen LogP contribution in [0.25, 0.3) is 0 Å². The van der Waals surface area contributed by atoms with Crippen LogP contribution in [-0.4, -0.2) is 46.8 Å². The van der Waals surface area contributed by atoms with E-state index in [1.54, 1.807) is 40.6 Å². The molecule has 8 nitrogen and oxygen atoms in total. The molecule has 202 valence electrons. The van der Waals surface area contributed by atoms with Crippen molar-refractivity contribution in [2.45, 2.75) is 44.9 Å². The first kappa shape index (κ1) is 27.1. The minimum Gasteiger partial charge on any atom is -0.497 e. The van der Waals surface area contributed by atoms with Crippen LogP contribution in [0.3, 0.4) is 0 Å². The molecule has 0 bridgehead atoms. The van der Waals surface area contributed by atoms with Crippen molar-refractivity contribution < 1.29 is 33.3 Å². The summed E-state index contributed by atoms with van der Waals surface area (Å²) in [4.78, 5) is 27.3. The van der Waals surface area contributed by atoms with E-state index in [0.717, 1.165) is 11.3 Å². The summed E-state index contributed by atoms with van der Waals surface area (Å²) in [6.07, 6.45) is 1.57. The van der Waals surface area contributed by atoms with Gasteiger partial charge in [0, 0.05) is 29.0 Å². The molecule has 4 rings (SSSR count). The summed E-state index contributed by atoms with van der Waals surface area (Å²) in [5, 5.41) is 3.38. The molecule has 0 radical (unpaired) electrons. The van der Waals surface area contributed by atoms with Gasteiger partial charge in [0.05, 0.1) is 46.5 Å². The van der Waals surface area contributed by atoms with Crippen LogP contribution in [0.1, 0.15) is 56.1 Å². The molecular formula is C30H35NO7. The maximum Gasteiger partial charge on any atom is 0.336 e. The molecule has 2 atom stereocenters. The number of esters is 1. The quantitative estimate of drug-likeness (QED) is 0.459. The van der Waals surface area contributed by atoms with Gasteiger partial charge >= 0.3 is 5.97 Å². The summed E-state index contributed by atoms with van der Waals surface area (Å²) >= 11 is 0. The van der Waals surface area contributed by atoms with Crippen LogP contribution in [0.4, 0.5) is 0 Å². The van der Waals surface area contributed by atoms with Gasteiger partial charge in [0.25, 0.3) is 0 Å². The van der Waals surface area contributed by atoms with E-state index < -0.39 is 11.9 Å². The number of ether oxygens (including phenoxy) is 5. The molecular weight excluding hydrogens is 486 g/mol. The first-order valence-electron chi connectivity index (χ1n) is 12.7. The van der Waals surface area contributed by atoms with Gasteiger partial charge in [0.15, 0.2) is 17.3 Å². The number of rotatable bonds is 9. The average molecular weight is 522 g/mol. The largest absolute Gasteiger partial charge is 0.497 e. The fourth-order valence-electron chi connectivity index (χ4n) is 5.30. The zero-order valence-electron chi connectivity index (χ0n) is 22.8. The van der Waals surface area contributed by atoms with Gasteiger partial charge < -0.3 is 29.0 Å². The highest BCUT2D eigenvalue weighted by molar-refractivity contribution is 6.04. The second kappa shape index (κ2) is 11.6. The Morgan fingerprint density at radius 2 is 1.63 bits per heavy atom. The number of methoxy groups -OCH3 is 4. The van der Waals surface area contributed by atoms with Crippen molar-refractivity contribution in [2.75, 3.05) is 35.0 Å². The number of hydrogen-bond acceptors (Lipinski definition) is 8. The molecule has 1 aliphatic heterocycles. The van der Waals surface area contributed by atoms with Crippen LogP contribution in [0, 0.1) is 0 Å². The van der Waals surface area contributed by atoms with E-state index in [-0.39, 0.29) is 18.1 Å². The molecule has 2 aromatic carbocycles. The molecule has 2 aromatic rings. The van der Waals surface area contributed by atoms with Gasteiger partial charge in [-0.3, -0.25) is 4.79 Å². The number of ketones is 1. The monoisotopic (exact) mass is 521 g/mol. The molecule has 8 heteroatoms.